The molecule has 4 nitrogen and oxygen atoms in total. The Morgan fingerprint density at radius 1 is 1.47 bits per heavy atom. The van der Waals surface area contributed by atoms with E-state index in [0.29, 0.717) is 12.8 Å². The first-order valence-electron chi connectivity index (χ1n) is 6.65. The Balaban J connectivity index is 2.11. The van der Waals surface area contributed by atoms with Crippen LogP contribution in [0.5, 0.6) is 0 Å². The molecule has 0 bridgehead atoms. The van der Waals surface area contributed by atoms with Crippen LogP contribution >= 0.6 is 11.3 Å². The molecule has 1 amide bonds. The lowest BCUT2D eigenvalue weighted by Crippen LogP contribution is -2.39. The maximum Gasteiger partial charge on any atom is 0.240 e. The molecular weight excluding hydrogens is 258 g/mol. The number of hydrogen-bond acceptors (Lipinski definition) is 4. The van der Waals surface area contributed by atoms with Gasteiger partial charge in [0.2, 0.25) is 5.91 Å². The second-order valence-corrected chi connectivity index (χ2v) is 6.51. The average molecular weight is 277 g/mol. The third kappa shape index (κ3) is 2.64. The molecule has 1 atom stereocenters. The molecule has 1 fully saturated rings. The van der Waals surface area contributed by atoms with Gasteiger partial charge in [-0.15, -0.1) is 11.3 Å². The zero-order chi connectivity index (χ0) is 14.0. The molecule has 2 rings (SSSR count). The summed E-state index contributed by atoms with van der Waals surface area (Å²) in [4.78, 5) is 17.8. The molecule has 5 heteroatoms. The van der Waals surface area contributed by atoms with E-state index in [9.17, 15) is 10.1 Å². The monoisotopic (exact) mass is 277 g/mol. The molecule has 1 saturated carbocycles. The van der Waals surface area contributed by atoms with Gasteiger partial charge in [0.1, 0.15) is 5.41 Å². The second kappa shape index (κ2) is 5.30. The van der Waals surface area contributed by atoms with Crippen molar-refractivity contribution in [2.45, 2.75) is 52.5 Å². The van der Waals surface area contributed by atoms with Crippen molar-refractivity contribution in [3.8, 4) is 6.07 Å². The quantitative estimate of drug-likeness (QED) is 0.923. The van der Waals surface area contributed by atoms with E-state index < -0.39 is 5.41 Å². The molecule has 1 aliphatic rings. The zero-order valence-electron chi connectivity index (χ0n) is 11.6. The van der Waals surface area contributed by atoms with Gasteiger partial charge in [0, 0.05) is 4.88 Å². The van der Waals surface area contributed by atoms with E-state index in [1.807, 2.05) is 20.8 Å². The van der Waals surface area contributed by atoms with Crippen molar-refractivity contribution in [1.29, 1.82) is 5.26 Å². The molecule has 0 saturated heterocycles. The van der Waals surface area contributed by atoms with Gasteiger partial charge < -0.3 is 5.32 Å². The van der Waals surface area contributed by atoms with Gasteiger partial charge in [-0.1, -0.05) is 12.8 Å². The van der Waals surface area contributed by atoms with Crippen LogP contribution in [0.25, 0.3) is 0 Å². The smallest absolute Gasteiger partial charge is 0.240 e. The van der Waals surface area contributed by atoms with Crippen molar-refractivity contribution in [2.75, 3.05) is 0 Å². The van der Waals surface area contributed by atoms with Crippen molar-refractivity contribution < 1.29 is 4.79 Å². The largest absolute Gasteiger partial charge is 0.347 e. The fraction of sp³-hybridized carbons (Fsp3) is 0.643. The number of carbonyl (C=O) groups excluding carboxylic acids is 1. The minimum Gasteiger partial charge on any atom is -0.347 e. The molecule has 102 valence electrons. The first-order valence-corrected chi connectivity index (χ1v) is 7.46. The summed E-state index contributed by atoms with van der Waals surface area (Å²) >= 11 is 1.60. The van der Waals surface area contributed by atoms with Crippen molar-refractivity contribution in [1.82, 2.24) is 10.3 Å². The summed E-state index contributed by atoms with van der Waals surface area (Å²) in [6.07, 6.45) is 3.30. The molecule has 19 heavy (non-hydrogen) atoms. The van der Waals surface area contributed by atoms with Crippen LogP contribution in [0.4, 0.5) is 0 Å². The third-order valence-corrected chi connectivity index (χ3v) is 5.04. The van der Waals surface area contributed by atoms with Gasteiger partial charge in [0.15, 0.2) is 0 Å². The second-order valence-electron chi connectivity index (χ2n) is 5.28. The Bertz CT molecular complexity index is 523. The molecule has 0 aromatic carbocycles. The number of nitrogens with one attached hydrogen (secondary N) is 1. The summed E-state index contributed by atoms with van der Waals surface area (Å²) in [5, 5.41) is 13.3. The summed E-state index contributed by atoms with van der Waals surface area (Å²) in [5.41, 5.74) is 0.162. The van der Waals surface area contributed by atoms with Gasteiger partial charge in [-0.25, -0.2) is 4.98 Å². The van der Waals surface area contributed by atoms with Crippen LogP contribution in [0.2, 0.25) is 0 Å². The van der Waals surface area contributed by atoms with Crippen LogP contribution in [0, 0.1) is 30.6 Å². The van der Waals surface area contributed by atoms with Gasteiger partial charge in [-0.3, -0.25) is 4.79 Å². The first kappa shape index (κ1) is 14.0. The van der Waals surface area contributed by atoms with Crippen LogP contribution in [-0.4, -0.2) is 10.9 Å². The number of carbonyl (C=O) groups is 1. The minimum atomic E-state index is -0.804. The molecule has 1 aromatic rings. The number of rotatable bonds is 3. The lowest BCUT2D eigenvalue weighted by atomic mass is 9.87. The number of hydrogen-bond donors (Lipinski definition) is 1. The molecule has 0 aliphatic heterocycles. The van der Waals surface area contributed by atoms with Crippen LogP contribution in [-0.2, 0) is 4.79 Å². The van der Waals surface area contributed by atoms with Gasteiger partial charge in [-0.05, 0) is 33.6 Å². The van der Waals surface area contributed by atoms with E-state index in [1.165, 1.54) is 0 Å². The Labute approximate surface area is 117 Å². The van der Waals surface area contributed by atoms with Gasteiger partial charge >= 0.3 is 0 Å². The van der Waals surface area contributed by atoms with Crippen LogP contribution in [0.1, 0.15) is 54.2 Å². The summed E-state index contributed by atoms with van der Waals surface area (Å²) in [7, 11) is 0. The predicted octanol–water partition coefficient (Wildman–Crippen LogP) is 3.02. The predicted molar refractivity (Wildman–Crippen MR) is 74.7 cm³/mol. The Hall–Kier alpha value is -1.41. The summed E-state index contributed by atoms with van der Waals surface area (Å²) < 4.78 is 0. The number of thiazole rings is 1. The fourth-order valence-electron chi connectivity index (χ4n) is 2.72. The average Bonchev–Trinajstić information content (AvgIpc) is 2.96. The van der Waals surface area contributed by atoms with Crippen molar-refractivity contribution in [2.24, 2.45) is 5.41 Å². The molecule has 1 unspecified atom stereocenters. The van der Waals surface area contributed by atoms with E-state index in [2.05, 4.69) is 16.4 Å². The Kier molecular flexibility index (Phi) is 3.91. The summed E-state index contributed by atoms with van der Waals surface area (Å²) in [6.45, 7) is 5.87. The van der Waals surface area contributed by atoms with E-state index in [4.69, 9.17) is 0 Å². The van der Waals surface area contributed by atoms with Crippen LogP contribution < -0.4 is 5.32 Å². The number of aryl methyl sites for hydroxylation is 2. The first-order chi connectivity index (χ1) is 8.98. The standard InChI is InChI=1S/C14H19N3OS/c1-9-12(19-11(3)16-9)10(2)17-13(18)14(8-15)6-4-5-7-14/h10H,4-7H2,1-3H3,(H,17,18). The highest BCUT2D eigenvalue weighted by molar-refractivity contribution is 7.11. The van der Waals surface area contributed by atoms with Crippen LogP contribution in [0.3, 0.4) is 0 Å². The maximum atomic E-state index is 12.4. The van der Waals surface area contributed by atoms with E-state index in [0.717, 1.165) is 28.4 Å². The highest BCUT2D eigenvalue weighted by Gasteiger charge is 2.42. The summed E-state index contributed by atoms with van der Waals surface area (Å²) in [5.74, 6) is -0.120. The van der Waals surface area contributed by atoms with E-state index >= 15 is 0 Å². The van der Waals surface area contributed by atoms with Crippen molar-refractivity contribution >= 4 is 17.2 Å². The van der Waals surface area contributed by atoms with Gasteiger partial charge in [0.05, 0.1) is 22.8 Å². The molecule has 1 aromatic heterocycles. The SMILES string of the molecule is Cc1nc(C)c(C(C)NC(=O)C2(C#N)CCCC2)s1. The Morgan fingerprint density at radius 3 is 2.58 bits per heavy atom. The maximum absolute atomic E-state index is 12.4. The number of nitrogens with zero attached hydrogens (tertiary/aromatic N) is 2. The van der Waals surface area contributed by atoms with Crippen molar-refractivity contribution in [3.63, 3.8) is 0 Å². The Morgan fingerprint density at radius 2 is 2.11 bits per heavy atom. The lowest BCUT2D eigenvalue weighted by molar-refractivity contribution is -0.128. The third-order valence-electron chi connectivity index (χ3n) is 3.79. The molecule has 1 heterocycles. The molecule has 0 spiro atoms. The number of amides is 1. The summed E-state index contributed by atoms with van der Waals surface area (Å²) in [6, 6.07) is 2.15. The highest BCUT2D eigenvalue weighted by Crippen LogP contribution is 2.38. The molecule has 1 N–H and O–H groups in total. The van der Waals surface area contributed by atoms with Gasteiger partial charge in [0.25, 0.3) is 0 Å². The topological polar surface area (TPSA) is 65.8 Å². The van der Waals surface area contributed by atoms with E-state index in [1.54, 1.807) is 11.3 Å². The minimum absolute atomic E-state index is 0.0791. The number of nitriles is 1. The molecular formula is C14H19N3OS. The molecule has 0 radical (unpaired) electrons. The zero-order valence-corrected chi connectivity index (χ0v) is 12.4. The number of aromatic nitrogens is 1. The van der Waals surface area contributed by atoms with Crippen molar-refractivity contribution in [3.05, 3.63) is 15.6 Å². The highest BCUT2D eigenvalue weighted by atomic mass is 32.1. The van der Waals surface area contributed by atoms with Gasteiger partial charge in [-0.2, -0.15) is 5.26 Å². The normalized spacial score (nSPS) is 18.8. The lowest BCUT2D eigenvalue weighted by Gasteiger charge is -2.22. The van der Waals surface area contributed by atoms with Crippen LogP contribution in [0.15, 0.2) is 0 Å². The molecule has 1 aliphatic carbocycles. The van der Waals surface area contributed by atoms with E-state index in [-0.39, 0.29) is 11.9 Å². The fourth-order valence-corrected chi connectivity index (χ4v) is 3.65.